The number of nitrogens with zero attached hydrogens (tertiary/aromatic N) is 2. The summed E-state index contributed by atoms with van der Waals surface area (Å²) in [4.78, 5) is 17.1. The largest absolute Gasteiger partial charge is 0.339 e. The van der Waals surface area contributed by atoms with Gasteiger partial charge in [0.15, 0.2) is 0 Å². The number of ketones is 1. The van der Waals surface area contributed by atoms with E-state index in [1.165, 1.54) is 0 Å². The van der Waals surface area contributed by atoms with Crippen LogP contribution in [0, 0.1) is 11.3 Å². The Morgan fingerprint density at radius 3 is 2.00 bits per heavy atom. The molecule has 0 atom stereocenters. The standard InChI is InChI=1S/C21H15N3O/c22-15-18(21(25)17-11-5-2-6-12-17)20(16-9-3-1-4-10-16)24-19-13-7-8-14-23-19/h1-14H,(H,23,24)/b20-18-. The molecule has 0 saturated heterocycles. The third-order valence-corrected chi connectivity index (χ3v) is 3.61. The highest BCUT2D eigenvalue weighted by Crippen LogP contribution is 2.23. The molecule has 0 bridgehead atoms. The number of carbonyl (C=O) groups excluding carboxylic acids is 1. The number of pyridine rings is 1. The van der Waals surface area contributed by atoms with E-state index >= 15 is 0 Å². The average Bonchev–Trinajstić information content (AvgIpc) is 2.70. The van der Waals surface area contributed by atoms with Crippen LogP contribution in [0.1, 0.15) is 15.9 Å². The van der Waals surface area contributed by atoms with Gasteiger partial charge in [-0.15, -0.1) is 0 Å². The van der Waals surface area contributed by atoms with E-state index in [4.69, 9.17) is 0 Å². The van der Waals surface area contributed by atoms with Crippen LogP contribution in [0.3, 0.4) is 0 Å². The Morgan fingerprint density at radius 2 is 1.44 bits per heavy atom. The van der Waals surface area contributed by atoms with Crippen molar-refractivity contribution in [2.75, 3.05) is 5.32 Å². The van der Waals surface area contributed by atoms with Gasteiger partial charge in [-0.25, -0.2) is 4.98 Å². The van der Waals surface area contributed by atoms with E-state index in [0.717, 1.165) is 5.56 Å². The van der Waals surface area contributed by atoms with Crippen molar-refractivity contribution in [1.29, 1.82) is 5.26 Å². The lowest BCUT2D eigenvalue weighted by Gasteiger charge is -2.13. The number of carbonyl (C=O) groups is 1. The summed E-state index contributed by atoms with van der Waals surface area (Å²) in [5.74, 6) is 0.236. The number of anilines is 1. The van der Waals surface area contributed by atoms with Crippen molar-refractivity contribution in [3.05, 3.63) is 102 Å². The van der Waals surface area contributed by atoms with E-state index in [0.29, 0.717) is 17.1 Å². The number of nitrogens with one attached hydrogen (secondary N) is 1. The molecule has 1 aromatic heterocycles. The first-order chi connectivity index (χ1) is 12.3. The number of aromatic nitrogens is 1. The fourth-order valence-corrected chi connectivity index (χ4v) is 2.40. The smallest absolute Gasteiger partial charge is 0.205 e. The molecule has 4 nitrogen and oxygen atoms in total. The van der Waals surface area contributed by atoms with Crippen LogP contribution in [-0.4, -0.2) is 10.8 Å². The minimum Gasteiger partial charge on any atom is -0.339 e. The van der Waals surface area contributed by atoms with Crippen LogP contribution >= 0.6 is 0 Å². The van der Waals surface area contributed by atoms with Gasteiger partial charge < -0.3 is 5.32 Å². The van der Waals surface area contributed by atoms with Crippen LogP contribution in [0.25, 0.3) is 5.70 Å². The van der Waals surface area contributed by atoms with Crippen molar-refractivity contribution in [1.82, 2.24) is 4.98 Å². The molecule has 1 N–H and O–H groups in total. The first-order valence-electron chi connectivity index (χ1n) is 7.77. The summed E-state index contributed by atoms with van der Waals surface area (Å²) in [6.07, 6.45) is 1.65. The normalized spacial score (nSPS) is 11.2. The second-order valence-electron chi connectivity index (χ2n) is 5.26. The molecular weight excluding hydrogens is 310 g/mol. The Kier molecular flexibility index (Phi) is 4.98. The number of rotatable bonds is 5. The van der Waals surface area contributed by atoms with Crippen LogP contribution < -0.4 is 5.32 Å². The summed E-state index contributed by atoms with van der Waals surface area (Å²) in [5, 5.41) is 12.8. The highest BCUT2D eigenvalue weighted by Gasteiger charge is 2.19. The van der Waals surface area contributed by atoms with E-state index in [2.05, 4.69) is 16.4 Å². The van der Waals surface area contributed by atoms with Gasteiger partial charge in [0, 0.05) is 11.8 Å². The zero-order chi connectivity index (χ0) is 17.5. The predicted molar refractivity (Wildman–Crippen MR) is 97.6 cm³/mol. The monoisotopic (exact) mass is 325 g/mol. The molecule has 0 fully saturated rings. The molecular formula is C21H15N3O. The van der Waals surface area contributed by atoms with Gasteiger partial charge in [-0.1, -0.05) is 66.7 Å². The minimum absolute atomic E-state index is 0.0445. The van der Waals surface area contributed by atoms with E-state index in [-0.39, 0.29) is 11.4 Å². The lowest BCUT2D eigenvalue weighted by Crippen LogP contribution is -2.10. The lowest BCUT2D eigenvalue weighted by molar-refractivity contribution is 0.103. The van der Waals surface area contributed by atoms with Crippen molar-refractivity contribution in [2.24, 2.45) is 0 Å². The van der Waals surface area contributed by atoms with Crippen LogP contribution in [0.4, 0.5) is 5.82 Å². The minimum atomic E-state index is -0.328. The summed E-state index contributed by atoms with van der Waals surface area (Å²) < 4.78 is 0. The van der Waals surface area contributed by atoms with Gasteiger partial charge in [-0.2, -0.15) is 5.26 Å². The quantitative estimate of drug-likeness (QED) is 0.431. The van der Waals surface area contributed by atoms with Crippen LogP contribution in [0.2, 0.25) is 0 Å². The molecule has 3 rings (SSSR count). The molecule has 120 valence electrons. The lowest BCUT2D eigenvalue weighted by atomic mass is 9.99. The van der Waals surface area contributed by atoms with E-state index in [9.17, 15) is 10.1 Å². The zero-order valence-electron chi connectivity index (χ0n) is 13.4. The molecule has 0 aliphatic carbocycles. The van der Waals surface area contributed by atoms with E-state index < -0.39 is 0 Å². The Morgan fingerprint density at radius 1 is 0.840 bits per heavy atom. The van der Waals surface area contributed by atoms with Gasteiger partial charge in [0.1, 0.15) is 17.5 Å². The summed E-state index contributed by atoms with van der Waals surface area (Å²) >= 11 is 0. The number of allylic oxidation sites excluding steroid dienone is 1. The molecule has 0 aliphatic rings. The van der Waals surface area contributed by atoms with Gasteiger partial charge in [0.05, 0.1) is 5.70 Å². The second-order valence-corrected chi connectivity index (χ2v) is 5.26. The van der Waals surface area contributed by atoms with Crippen molar-refractivity contribution in [3.8, 4) is 6.07 Å². The van der Waals surface area contributed by atoms with Crippen molar-refractivity contribution in [3.63, 3.8) is 0 Å². The Hall–Kier alpha value is -3.71. The molecule has 3 aromatic rings. The highest BCUT2D eigenvalue weighted by atomic mass is 16.1. The number of Topliss-reactive ketones (excluding diaryl/α,β-unsaturated/α-hetero) is 1. The maximum atomic E-state index is 12.8. The van der Waals surface area contributed by atoms with Gasteiger partial charge in [-0.3, -0.25) is 4.79 Å². The summed E-state index contributed by atoms with van der Waals surface area (Å²) in [6, 6.07) is 25.6. The summed E-state index contributed by atoms with van der Waals surface area (Å²) in [6.45, 7) is 0. The van der Waals surface area contributed by atoms with Gasteiger partial charge in [0.25, 0.3) is 0 Å². The van der Waals surface area contributed by atoms with Crippen LogP contribution in [-0.2, 0) is 0 Å². The first-order valence-corrected chi connectivity index (χ1v) is 7.77. The zero-order valence-corrected chi connectivity index (χ0v) is 13.4. The molecule has 0 unspecified atom stereocenters. The molecule has 0 spiro atoms. The third kappa shape index (κ3) is 3.80. The van der Waals surface area contributed by atoms with Gasteiger partial charge in [-0.05, 0) is 17.7 Å². The number of hydrogen-bond acceptors (Lipinski definition) is 4. The van der Waals surface area contributed by atoms with E-state index in [1.54, 1.807) is 42.6 Å². The highest BCUT2D eigenvalue weighted by molar-refractivity contribution is 6.16. The summed E-state index contributed by atoms with van der Waals surface area (Å²) in [7, 11) is 0. The van der Waals surface area contributed by atoms with E-state index in [1.807, 2.05) is 42.5 Å². The SMILES string of the molecule is N#C/C(C(=O)c1ccccc1)=C(/Nc1ccccn1)c1ccccc1. The number of hydrogen-bond donors (Lipinski definition) is 1. The number of benzene rings is 2. The van der Waals surface area contributed by atoms with Crippen molar-refractivity contribution in [2.45, 2.75) is 0 Å². The first kappa shape index (κ1) is 16.2. The Labute approximate surface area is 146 Å². The van der Waals surface area contributed by atoms with Crippen LogP contribution in [0.5, 0.6) is 0 Å². The Bertz CT molecular complexity index is 927. The molecule has 2 aromatic carbocycles. The molecule has 0 amide bonds. The third-order valence-electron chi connectivity index (χ3n) is 3.61. The predicted octanol–water partition coefficient (Wildman–Crippen LogP) is 4.31. The molecule has 25 heavy (non-hydrogen) atoms. The molecule has 0 aliphatic heterocycles. The fraction of sp³-hybridized carbons (Fsp3) is 0. The average molecular weight is 325 g/mol. The van der Waals surface area contributed by atoms with Crippen molar-refractivity contribution < 1.29 is 4.79 Å². The maximum absolute atomic E-state index is 12.8. The van der Waals surface area contributed by atoms with Gasteiger partial charge in [0.2, 0.25) is 5.78 Å². The topological polar surface area (TPSA) is 65.8 Å². The number of nitriles is 1. The Balaban J connectivity index is 2.12. The molecule has 4 heteroatoms. The fourth-order valence-electron chi connectivity index (χ4n) is 2.40. The summed E-state index contributed by atoms with van der Waals surface area (Å²) in [5.41, 5.74) is 1.70. The molecule has 0 saturated carbocycles. The maximum Gasteiger partial charge on any atom is 0.205 e. The van der Waals surface area contributed by atoms with Gasteiger partial charge >= 0.3 is 0 Å². The van der Waals surface area contributed by atoms with Crippen molar-refractivity contribution >= 4 is 17.3 Å². The molecule has 0 radical (unpaired) electrons. The van der Waals surface area contributed by atoms with Crippen LogP contribution in [0.15, 0.2) is 90.6 Å². The second kappa shape index (κ2) is 7.71. The molecule has 1 heterocycles.